The number of hydrogen-bond donors (Lipinski definition) is 3. The highest BCUT2D eigenvalue weighted by Crippen LogP contribution is 2.29. The van der Waals surface area contributed by atoms with E-state index in [2.05, 4.69) is 20.9 Å². The SMILES string of the molecule is CC(=O)NC1CN=C(Nc2c(Cl)cccc2Cl)N1. The van der Waals surface area contributed by atoms with E-state index in [4.69, 9.17) is 23.2 Å². The minimum atomic E-state index is -0.203. The predicted molar refractivity (Wildman–Crippen MR) is 73.1 cm³/mol. The lowest BCUT2D eigenvalue weighted by Crippen LogP contribution is -2.46. The molecule has 0 spiro atoms. The van der Waals surface area contributed by atoms with Crippen LogP contribution in [0, 0.1) is 0 Å². The fourth-order valence-corrected chi connectivity index (χ4v) is 2.07. The third kappa shape index (κ3) is 3.05. The van der Waals surface area contributed by atoms with Crippen molar-refractivity contribution in [1.82, 2.24) is 10.6 Å². The van der Waals surface area contributed by atoms with Gasteiger partial charge in [-0.1, -0.05) is 29.3 Å². The van der Waals surface area contributed by atoms with E-state index < -0.39 is 0 Å². The van der Waals surface area contributed by atoms with Crippen molar-refractivity contribution in [2.45, 2.75) is 13.1 Å². The van der Waals surface area contributed by atoms with Crippen LogP contribution >= 0.6 is 23.2 Å². The first kappa shape index (κ1) is 13.0. The highest BCUT2D eigenvalue weighted by Gasteiger charge is 2.19. The van der Waals surface area contributed by atoms with Crippen molar-refractivity contribution in [3.05, 3.63) is 28.2 Å². The van der Waals surface area contributed by atoms with E-state index in [0.717, 1.165) is 0 Å². The average Bonchev–Trinajstić information content (AvgIpc) is 2.70. The molecule has 1 amide bonds. The highest BCUT2D eigenvalue weighted by molar-refractivity contribution is 6.39. The van der Waals surface area contributed by atoms with Gasteiger partial charge in [-0.05, 0) is 12.1 Å². The molecule has 96 valence electrons. The molecule has 0 aliphatic carbocycles. The summed E-state index contributed by atoms with van der Waals surface area (Å²) in [5, 5.41) is 9.75. The van der Waals surface area contributed by atoms with E-state index >= 15 is 0 Å². The second-order valence-electron chi connectivity index (χ2n) is 3.81. The van der Waals surface area contributed by atoms with Crippen LogP contribution < -0.4 is 16.0 Å². The summed E-state index contributed by atoms with van der Waals surface area (Å²) in [5.41, 5.74) is 0.593. The van der Waals surface area contributed by atoms with Crippen LogP contribution in [0.15, 0.2) is 23.2 Å². The average molecular weight is 287 g/mol. The molecule has 0 saturated carbocycles. The monoisotopic (exact) mass is 286 g/mol. The second kappa shape index (κ2) is 5.46. The number of nitrogens with zero attached hydrogens (tertiary/aromatic N) is 1. The van der Waals surface area contributed by atoms with Gasteiger partial charge < -0.3 is 16.0 Å². The van der Waals surface area contributed by atoms with E-state index in [9.17, 15) is 4.79 Å². The number of amides is 1. The van der Waals surface area contributed by atoms with E-state index in [-0.39, 0.29) is 12.1 Å². The zero-order valence-corrected chi connectivity index (χ0v) is 11.1. The molecular weight excluding hydrogens is 275 g/mol. The molecule has 1 aromatic carbocycles. The quantitative estimate of drug-likeness (QED) is 0.777. The van der Waals surface area contributed by atoms with E-state index in [1.165, 1.54) is 6.92 Å². The maximum absolute atomic E-state index is 10.9. The van der Waals surface area contributed by atoms with E-state index in [1.807, 2.05) is 0 Å². The Balaban J connectivity index is 2.02. The Labute approximate surface area is 115 Å². The molecule has 1 atom stereocenters. The molecular formula is C11H12Cl2N4O. The number of anilines is 1. The molecule has 3 N–H and O–H groups in total. The molecule has 0 aromatic heterocycles. The molecule has 0 fully saturated rings. The number of benzene rings is 1. The van der Waals surface area contributed by atoms with Crippen LogP contribution in [0.5, 0.6) is 0 Å². The molecule has 5 nitrogen and oxygen atoms in total. The van der Waals surface area contributed by atoms with Crippen LogP contribution in [0.25, 0.3) is 0 Å². The number of hydrogen-bond acceptors (Lipinski definition) is 4. The number of halogens is 2. The molecule has 0 bridgehead atoms. The summed E-state index contributed by atoms with van der Waals surface area (Å²) >= 11 is 12.1. The molecule has 0 saturated heterocycles. The molecule has 1 unspecified atom stereocenters. The standard InChI is InChI=1S/C11H12Cl2N4O/c1-6(18)15-9-5-14-11(16-9)17-10-7(12)3-2-4-8(10)13/h2-4,9H,5H2,1H3,(H,15,18)(H2,14,16,17). The van der Waals surface area contributed by atoms with Crippen molar-refractivity contribution in [2.75, 3.05) is 11.9 Å². The summed E-state index contributed by atoms with van der Waals surface area (Å²) in [4.78, 5) is 15.1. The van der Waals surface area contributed by atoms with Crippen molar-refractivity contribution >= 4 is 40.8 Å². The van der Waals surface area contributed by atoms with Gasteiger partial charge in [0, 0.05) is 6.92 Å². The normalized spacial score (nSPS) is 17.9. The molecule has 1 heterocycles. The van der Waals surface area contributed by atoms with Crippen molar-refractivity contribution < 1.29 is 4.79 Å². The number of nitrogens with one attached hydrogen (secondary N) is 3. The van der Waals surface area contributed by atoms with Crippen molar-refractivity contribution in [2.24, 2.45) is 4.99 Å². The third-order valence-corrected chi connectivity index (χ3v) is 2.96. The largest absolute Gasteiger partial charge is 0.335 e. The van der Waals surface area contributed by atoms with Crippen molar-refractivity contribution in [3.63, 3.8) is 0 Å². The van der Waals surface area contributed by atoms with Gasteiger partial charge in [0.05, 0.1) is 22.3 Å². The van der Waals surface area contributed by atoms with Crippen molar-refractivity contribution in [1.29, 1.82) is 0 Å². The van der Waals surface area contributed by atoms with Crippen LogP contribution in [0.1, 0.15) is 6.92 Å². The van der Waals surface area contributed by atoms with Crippen LogP contribution in [-0.4, -0.2) is 24.6 Å². The van der Waals surface area contributed by atoms with Crippen LogP contribution in [0.3, 0.4) is 0 Å². The Morgan fingerprint density at radius 1 is 1.44 bits per heavy atom. The number of para-hydroxylation sites is 1. The maximum Gasteiger partial charge on any atom is 0.218 e. The summed E-state index contributed by atoms with van der Waals surface area (Å²) in [6, 6.07) is 5.23. The van der Waals surface area contributed by atoms with Gasteiger partial charge in [0.2, 0.25) is 5.91 Å². The highest BCUT2D eigenvalue weighted by atomic mass is 35.5. The molecule has 7 heteroatoms. The van der Waals surface area contributed by atoms with Crippen LogP contribution in [0.4, 0.5) is 5.69 Å². The molecule has 2 rings (SSSR count). The first-order chi connectivity index (χ1) is 8.56. The lowest BCUT2D eigenvalue weighted by molar-refractivity contribution is -0.119. The lowest BCUT2D eigenvalue weighted by atomic mass is 10.3. The smallest absolute Gasteiger partial charge is 0.218 e. The first-order valence-corrected chi connectivity index (χ1v) is 6.11. The lowest BCUT2D eigenvalue weighted by Gasteiger charge is -2.14. The summed E-state index contributed by atoms with van der Waals surface area (Å²) < 4.78 is 0. The van der Waals surface area contributed by atoms with Crippen LogP contribution in [0.2, 0.25) is 10.0 Å². The number of guanidine groups is 1. The van der Waals surface area contributed by atoms with E-state index in [1.54, 1.807) is 18.2 Å². The Kier molecular flexibility index (Phi) is 3.93. The minimum Gasteiger partial charge on any atom is -0.335 e. The van der Waals surface area contributed by atoms with Gasteiger partial charge in [-0.25, -0.2) is 4.99 Å². The van der Waals surface area contributed by atoms with Gasteiger partial charge in [0.25, 0.3) is 0 Å². The van der Waals surface area contributed by atoms with Gasteiger partial charge in [0.1, 0.15) is 6.17 Å². The number of carbonyl (C=O) groups is 1. The Morgan fingerprint density at radius 3 is 2.72 bits per heavy atom. The second-order valence-corrected chi connectivity index (χ2v) is 4.62. The fourth-order valence-electron chi connectivity index (χ4n) is 1.58. The van der Waals surface area contributed by atoms with Crippen LogP contribution in [-0.2, 0) is 4.79 Å². The Hall–Kier alpha value is -1.46. The summed E-state index contributed by atoms with van der Waals surface area (Å²) in [6.45, 7) is 1.92. The van der Waals surface area contributed by atoms with Gasteiger partial charge in [0.15, 0.2) is 5.96 Å². The zero-order chi connectivity index (χ0) is 13.1. The van der Waals surface area contributed by atoms with E-state index in [0.29, 0.717) is 28.2 Å². The zero-order valence-electron chi connectivity index (χ0n) is 9.63. The number of aliphatic imine (C=N–C) groups is 1. The molecule has 1 aromatic rings. The van der Waals surface area contributed by atoms with Gasteiger partial charge in [-0.2, -0.15) is 0 Å². The van der Waals surface area contributed by atoms with Gasteiger partial charge in [-0.3, -0.25) is 4.79 Å². The van der Waals surface area contributed by atoms with Crippen molar-refractivity contribution in [3.8, 4) is 0 Å². The Morgan fingerprint density at radius 2 is 2.11 bits per heavy atom. The Bertz CT molecular complexity index is 484. The first-order valence-electron chi connectivity index (χ1n) is 5.35. The topological polar surface area (TPSA) is 65.5 Å². The molecule has 0 radical (unpaired) electrons. The van der Waals surface area contributed by atoms with Gasteiger partial charge in [-0.15, -0.1) is 0 Å². The van der Waals surface area contributed by atoms with Gasteiger partial charge >= 0.3 is 0 Å². The number of carbonyl (C=O) groups excluding carboxylic acids is 1. The predicted octanol–water partition coefficient (Wildman–Crippen LogP) is 1.83. The fraction of sp³-hybridized carbons (Fsp3) is 0.273. The molecule has 1 aliphatic heterocycles. The minimum absolute atomic E-state index is 0.111. The number of rotatable bonds is 2. The maximum atomic E-state index is 10.9. The molecule has 1 aliphatic rings. The summed E-state index contributed by atoms with van der Waals surface area (Å²) in [5.74, 6) is 0.420. The third-order valence-electron chi connectivity index (χ3n) is 2.33. The summed E-state index contributed by atoms with van der Waals surface area (Å²) in [7, 11) is 0. The molecule has 18 heavy (non-hydrogen) atoms. The summed E-state index contributed by atoms with van der Waals surface area (Å²) in [6.07, 6.45) is -0.203.